The molecule has 0 unspecified atom stereocenters. The second-order valence-electron chi connectivity index (χ2n) is 8.24. The van der Waals surface area contributed by atoms with E-state index in [1.54, 1.807) is 7.05 Å². The molecule has 2 fully saturated rings. The molecule has 0 atom stereocenters. The fourth-order valence-corrected chi connectivity index (χ4v) is 4.46. The van der Waals surface area contributed by atoms with Crippen molar-refractivity contribution in [3.63, 3.8) is 0 Å². The molecule has 0 bridgehead atoms. The van der Waals surface area contributed by atoms with Crippen molar-refractivity contribution < 1.29 is 9.53 Å². The van der Waals surface area contributed by atoms with Crippen molar-refractivity contribution in [3.8, 4) is 0 Å². The Hall–Kier alpha value is -1.35. The maximum Gasteiger partial charge on any atom is 0.220 e. The van der Waals surface area contributed by atoms with Crippen LogP contribution in [0.1, 0.15) is 44.6 Å². The molecule has 0 saturated carbocycles. The minimum Gasteiger partial charge on any atom is -0.381 e. The van der Waals surface area contributed by atoms with Crippen LogP contribution in [0.25, 0.3) is 0 Å². The summed E-state index contributed by atoms with van der Waals surface area (Å²) in [6.07, 6.45) is 4.72. The molecule has 168 valence electrons. The third-order valence-corrected chi connectivity index (χ3v) is 6.37. The van der Waals surface area contributed by atoms with Gasteiger partial charge < -0.3 is 20.3 Å². The van der Waals surface area contributed by atoms with Crippen LogP contribution in [0.3, 0.4) is 0 Å². The summed E-state index contributed by atoms with van der Waals surface area (Å²) in [6.45, 7) is 7.26. The Morgan fingerprint density at radius 1 is 1.20 bits per heavy atom. The lowest BCUT2D eigenvalue weighted by molar-refractivity contribution is -0.121. The van der Waals surface area contributed by atoms with E-state index in [0.29, 0.717) is 12.3 Å². The molecule has 2 aliphatic rings. The number of benzene rings is 1. The average Bonchev–Trinajstić information content (AvgIpc) is 2.78. The molecule has 2 N–H and O–H groups in total. The van der Waals surface area contributed by atoms with Crippen molar-refractivity contribution >= 4 is 35.8 Å². The van der Waals surface area contributed by atoms with E-state index in [2.05, 4.69) is 52.8 Å². The Labute approximate surface area is 198 Å². The first-order valence-electron chi connectivity index (χ1n) is 11.0. The Morgan fingerprint density at radius 3 is 2.47 bits per heavy atom. The number of likely N-dealkylation sites (tertiary alicyclic amines) is 1. The summed E-state index contributed by atoms with van der Waals surface area (Å²) in [7, 11) is 1.71. The number of rotatable bonds is 6. The van der Waals surface area contributed by atoms with E-state index in [9.17, 15) is 4.79 Å². The summed E-state index contributed by atoms with van der Waals surface area (Å²) >= 11 is 0. The highest BCUT2D eigenvalue weighted by atomic mass is 127. The van der Waals surface area contributed by atoms with Gasteiger partial charge in [-0.25, -0.2) is 0 Å². The van der Waals surface area contributed by atoms with Crippen molar-refractivity contribution in [2.24, 2.45) is 10.9 Å². The van der Waals surface area contributed by atoms with Crippen LogP contribution < -0.4 is 10.6 Å². The van der Waals surface area contributed by atoms with Crippen LogP contribution >= 0.6 is 24.0 Å². The van der Waals surface area contributed by atoms with Gasteiger partial charge in [0.15, 0.2) is 5.96 Å². The van der Waals surface area contributed by atoms with Gasteiger partial charge in [-0.2, -0.15) is 0 Å². The molecule has 1 aromatic carbocycles. The highest BCUT2D eigenvalue weighted by Crippen LogP contribution is 2.35. The Bertz CT molecular complexity index is 669. The van der Waals surface area contributed by atoms with E-state index in [-0.39, 0.29) is 35.3 Å². The molecule has 7 heteroatoms. The second-order valence-corrected chi connectivity index (χ2v) is 8.24. The average molecular weight is 528 g/mol. The lowest BCUT2D eigenvalue weighted by Gasteiger charge is -2.38. The summed E-state index contributed by atoms with van der Waals surface area (Å²) in [4.78, 5) is 19.1. The van der Waals surface area contributed by atoms with Crippen LogP contribution in [0.5, 0.6) is 0 Å². The minimum atomic E-state index is 0. The zero-order valence-corrected chi connectivity index (χ0v) is 20.7. The standard InChI is InChI=1S/C23H36N4O2.HI/c1-3-25-22(27-13-9-19(10-14-27)17-21(28)24-2)26-18-23(11-15-29-16-12-23)20-7-5-4-6-8-20;/h4-8,19H,3,9-18H2,1-2H3,(H,24,28)(H,25,26);1H. The van der Waals surface area contributed by atoms with Gasteiger partial charge in [0.2, 0.25) is 5.91 Å². The summed E-state index contributed by atoms with van der Waals surface area (Å²) in [5.74, 6) is 1.63. The zero-order valence-electron chi connectivity index (χ0n) is 18.4. The summed E-state index contributed by atoms with van der Waals surface area (Å²) < 4.78 is 5.66. The van der Waals surface area contributed by atoms with Gasteiger partial charge in [0, 0.05) is 51.7 Å². The van der Waals surface area contributed by atoms with Crippen molar-refractivity contribution in [2.75, 3.05) is 46.4 Å². The van der Waals surface area contributed by atoms with Crippen molar-refractivity contribution in [3.05, 3.63) is 35.9 Å². The van der Waals surface area contributed by atoms with Crippen molar-refractivity contribution in [1.82, 2.24) is 15.5 Å². The van der Waals surface area contributed by atoms with Crippen LogP contribution in [0, 0.1) is 5.92 Å². The third-order valence-electron chi connectivity index (χ3n) is 6.37. The molecule has 2 aliphatic heterocycles. The van der Waals surface area contributed by atoms with Crippen LogP contribution in [0.15, 0.2) is 35.3 Å². The number of carbonyl (C=O) groups is 1. The Balaban J connectivity index is 0.00000320. The van der Waals surface area contributed by atoms with Gasteiger partial charge in [-0.1, -0.05) is 30.3 Å². The zero-order chi connectivity index (χ0) is 20.5. The highest BCUT2D eigenvalue weighted by molar-refractivity contribution is 14.0. The monoisotopic (exact) mass is 528 g/mol. The van der Waals surface area contributed by atoms with Gasteiger partial charge in [-0.05, 0) is 44.1 Å². The lowest BCUT2D eigenvalue weighted by Crippen LogP contribution is -2.47. The molecule has 1 amide bonds. The maximum atomic E-state index is 11.7. The maximum absolute atomic E-state index is 11.7. The number of ether oxygens (including phenoxy) is 1. The number of aliphatic imine (C=N–C) groups is 1. The molecule has 3 rings (SSSR count). The molecule has 1 aromatic rings. The molecule has 0 aliphatic carbocycles. The van der Waals surface area contributed by atoms with Gasteiger partial charge in [0.1, 0.15) is 0 Å². The molecule has 0 radical (unpaired) electrons. The summed E-state index contributed by atoms with van der Waals surface area (Å²) in [5, 5.41) is 6.24. The van der Waals surface area contributed by atoms with E-state index in [4.69, 9.17) is 9.73 Å². The Morgan fingerprint density at radius 2 is 1.87 bits per heavy atom. The molecular weight excluding hydrogens is 491 g/mol. The first-order chi connectivity index (χ1) is 14.2. The number of halogens is 1. The summed E-state index contributed by atoms with van der Waals surface area (Å²) in [5.41, 5.74) is 1.42. The fraction of sp³-hybridized carbons (Fsp3) is 0.652. The first-order valence-corrected chi connectivity index (χ1v) is 11.0. The quantitative estimate of drug-likeness (QED) is 0.338. The van der Waals surface area contributed by atoms with Crippen LogP contribution in [0.4, 0.5) is 0 Å². The predicted octanol–water partition coefficient (Wildman–Crippen LogP) is 3.17. The third kappa shape index (κ3) is 6.57. The smallest absolute Gasteiger partial charge is 0.220 e. The topological polar surface area (TPSA) is 66.0 Å². The number of guanidine groups is 1. The number of carbonyl (C=O) groups excluding carboxylic acids is 1. The predicted molar refractivity (Wildman–Crippen MR) is 133 cm³/mol. The molecule has 30 heavy (non-hydrogen) atoms. The second kappa shape index (κ2) is 12.5. The van der Waals surface area contributed by atoms with Crippen LogP contribution in [-0.2, 0) is 14.9 Å². The molecule has 6 nitrogen and oxygen atoms in total. The molecule has 2 saturated heterocycles. The van der Waals surface area contributed by atoms with E-state index in [1.165, 1.54) is 5.56 Å². The fourth-order valence-electron chi connectivity index (χ4n) is 4.46. The van der Waals surface area contributed by atoms with E-state index in [1.807, 2.05) is 0 Å². The number of nitrogens with one attached hydrogen (secondary N) is 2. The summed E-state index contributed by atoms with van der Waals surface area (Å²) in [6, 6.07) is 10.8. The van der Waals surface area contributed by atoms with E-state index in [0.717, 1.165) is 71.0 Å². The van der Waals surface area contributed by atoms with E-state index < -0.39 is 0 Å². The van der Waals surface area contributed by atoms with Crippen molar-refractivity contribution in [2.45, 2.75) is 44.4 Å². The number of nitrogens with zero attached hydrogens (tertiary/aromatic N) is 2. The van der Waals surface area contributed by atoms with Gasteiger partial charge in [0.25, 0.3) is 0 Å². The number of amides is 1. The number of hydrogen-bond acceptors (Lipinski definition) is 3. The van der Waals surface area contributed by atoms with Gasteiger partial charge in [-0.3, -0.25) is 9.79 Å². The van der Waals surface area contributed by atoms with Gasteiger partial charge in [0.05, 0.1) is 6.54 Å². The largest absolute Gasteiger partial charge is 0.381 e. The number of hydrogen-bond donors (Lipinski definition) is 2. The van der Waals surface area contributed by atoms with Crippen molar-refractivity contribution in [1.29, 1.82) is 0 Å². The highest BCUT2D eigenvalue weighted by Gasteiger charge is 2.34. The first kappa shape index (κ1) is 24.9. The number of piperidine rings is 1. The lowest BCUT2D eigenvalue weighted by atomic mass is 9.74. The van der Waals surface area contributed by atoms with Crippen LogP contribution in [-0.4, -0.2) is 63.2 Å². The molecular formula is C23H37IN4O2. The van der Waals surface area contributed by atoms with Gasteiger partial charge >= 0.3 is 0 Å². The van der Waals surface area contributed by atoms with Gasteiger partial charge in [-0.15, -0.1) is 24.0 Å². The minimum absolute atomic E-state index is 0. The SMILES string of the molecule is CCNC(=NCC1(c2ccccc2)CCOCC1)N1CCC(CC(=O)NC)CC1.I. The molecule has 0 spiro atoms. The molecule has 2 heterocycles. The Kier molecular flexibility index (Phi) is 10.4. The van der Waals surface area contributed by atoms with E-state index >= 15 is 0 Å². The normalized spacial score (nSPS) is 19.7. The molecule has 0 aromatic heterocycles. The van der Waals surface area contributed by atoms with Crippen LogP contribution in [0.2, 0.25) is 0 Å².